The molecule has 0 bridgehead atoms. The Morgan fingerprint density at radius 1 is 0.459 bits per heavy atom. The maximum atomic E-state index is 9.85. The van der Waals surface area contributed by atoms with Gasteiger partial charge in [-0.15, -0.1) is 0 Å². The molecule has 0 aliphatic carbocycles. The highest BCUT2D eigenvalue weighted by Gasteiger charge is 2.24. The third-order valence-corrected chi connectivity index (χ3v) is 8.13. The van der Waals surface area contributed by atoms with E-state index < -0.39 is 0 Å². The van der Waals surface area contributed by atoms with E-state index in [0.717, 1.165) is 78.5 Å². The Morgan fingerprint density at radius 2 is 0.757 bits per heavy atom. The molecule has 37 heavy (non-hydrogen) atoms. The molecule has 3 aliphatic heterocycles. The average Bonchev–Trinajstić information content (AvgIpc) is 3.58. The Labute approximate surface area is 218 Å². The maximum Gasteiger partial charge on any atom is 0.115 e. The maximum absolute atomic E-state index is 9.85. The van der Waals surface area contributed by atoms with Crippen LogP contribution in [-0.4, -0.2) is 74.2 Å². The Morgan fingerprint density at radius 3 is 1.08 bits per heavy atom. The lowest BCUT2D eigenvalue weighted by Gasteiger charge is -2.29. The molecule has 0 amide bonds. The third-order valence-electron chi connectivity index (χ3n) is 8.13. The van der Waals surface area contributed by atoms with E-state index in [0.29, 0.717) is 17.2 Å². The topological polar surface area (TPSA) is 73.7 Å². The van der Waals surface area contributed by atoms with Gasteiger partial charge in [-0.1, -0.05) is 18.2 Å². The van der Waals surface area contributed by atoms with E-state index >= 15 is 0 Å². The monoisotopic (exact) mass is 500 g/mol. The van der Waals surface area contributed by atoms with E-state index in [4.69, 9.17) is 0 Å². The highest BCUT2D eigenvalue weighted by Crippen LogP contribution is 2.28. The van der Waals surface area contributed by atoms with Gasteiger partial charge in [-0.05, 0) is 69.8 Å². The molecule has 6 rings (SSSR count). The lowest BCUT2D eigenvalue weighted by Crippen LogP contribution is -2.41. The van der Waals surface area contributed by atoms with Crippen molar-refractivity contribution in [2.24, 2.45) is 0 Å². The largest absolute Gasteiger partial charge is 0.508 e. The van der Waals surface area contributed by atoms with E-state index in [1.807, 2.05) is 36.4 Å². The molecular formula is C30H36N4O3. The summed E-state index contributed by atoms with van der Waals surface area (Å²) in [5, 5.41) is 29.5. The molecule has 0 aromatic heterocycles. The Kier molecular flexibility index (Phi) is 6.78. The summed E-state index contributed by atoms with van der Waals surface area (Å²) in [5.74, 6) is 1.05. The second-order valence-corrected chi connectivity index (χ2v) is 10.8. The van der Waals surface area contributed by atoms with Crippen molar-refractivity contribution < 1.29 is 15.3 Å². The van der Waals surface area contributed by atoms with Crippen molar-refractivity contribution in [2.45, 2.75) is 39.3 Å². The minimum Gasteiger partial charge on any atom is -0.508 e. The van der Waals surface area contributed by atoms with Crippen LogP contribution in [0.25, 0.3) is 0 Å². The molecule has 0 atom stereocenters. The molecule has 0 saturated carbocycles. The van der Waals surface area contributed by atoms with Crippen LogP contribution in [0, 0.1) is 0 Å². The molecule has 0 unspecified atom stereocenters. The van der Waals surface area contributed by atoms with Gasteiger partial charge in [0.1, 0.15) is 17.2 Å². The molecule has 7 nitrogen and oxygen atoms in total. The first-order valence-corrected chi connectivity index (χ1v) is 13.3. The molecule has 7 heteroatoms. The van der Waals surface area contributed by atoms with Gasteiger partial charge < -0.3 is 15.3 Å². The van der Waals surface area contributed by atoms with E-state index in [2.05, 4.69) is 19.6 Å². The van der Waals surface area contributed by atoms with E-state index in [9.17, 15) is 15.3 Å². The van der Waals surface area contributed by atoms with Crippen molar-refractivity contribution in [2.75, 3.05) is 39.3 Å². The average molecular weight is 501 g/mol. The summed E-state index contributed by atoms with van der Waals surface area (Å²) in [4.78, 5) is 10.0. The number of rotatable bonds is 9. The van der Waals surface area contributed by atoms with Crippen molar-refractivity contribution in [3.63, 3.8) is 0 Å². The summed E-state index contributed by atoms with van der Waals surface area (Å²) in [7, 11) is 0. The van der Waals surface area contributed by atoms with Crippen LogP contribution in [-0.2, 0) is 39.3 Å². The second kappa shape index (κ2) is 10.3. The van der Waals surface area contributed by atoms with Crippen molar-refractivity contribution in [1.82, 2.24) is 19.6 Å². The van der Waals surface area contributed by atoms with Gasteiger partial charge in [-0.2, -0.15) is 0 Å². The number of benzene rings is 3. The zero-order chi connectivity index (χ0) is 25.4. The summed E-state index contributed by atoms with van der Waals surface area (Å²) in [6, 6.07) is 17.2. The predicted octanol–water partition coefficient (Wildman–Crippen LogP) is 3.45. The summed E-state index contributed by atoms with van der Waals surface area (Å²) in [6.45, 7) is 11.5. The van der Waals surface area contributed by atoms with Crippen LogP contribution >= 0.6 is 0 Å². The molecule has 3 aromatic rings. The first-order chi connectivity index (χ1) is 18.0. The van der Waals surface area contributed by atoms with E-state index in [1.54, 1.807) is 18.2 Å². The van der Waals surface area contributed by atoms with Gasteiger partial charge >= 0.3 is 0 Å². The molecule has 0 fully saturated rings. The normalized spacial score (nSPS) is 17.4. The van der Waals surface area contributed by atoms with Crippen LogP contribution in [0.2, 0.25) is 0 Å². The number of phenolic OH excluding ortho intramolecular Hbond substituents is 3. The highest BCUT2D eigenvalue weighted by atomic mass is 16.3. The molecule has 194 valence electrons. The van der Waals surface area contributed by atoms with Gasteiger partial charge in [0.25, 0.3) is 0 Å². The minimum absolute atomic E-state index is 0.349. The minimum atomic E-state index is 0.349. The van der Waals surface area contributed by atoms with Gasteiger partial charge in [-0.3, -0.25) is 19.6 Å². The van der Waals surface area contributed by atoms with Crippen LogP contribution in [0.4, 0.5) is 0 Å². The Bertz CT molecular complexity index is 1120. The van der Waals surface area contributed by atoms with Gasteiger partial charge in [-0.25, -0.2) is 0 Å². The number of nitrogens with zero attached hydrogens (tertiary/aromatic N) is 4. The molecule has 0 radical (unpaired) electrons. The molecule has 3 aliphatic rings. The lowest BCUT2D eigenvalue weighted by molar-refractivity contribution is 0.155. The van der Waals surface area contributed by atoms with Crippen LogP contribution < -0.4 is 0 Å². The second-order valence-electron chi connectivity index (χ2n) is 10.8. The first kappa shape index (κ1) is 24.2. The molecule has 3 heterocycles. The van der Waals surface area contributed by atoms with Gasteiger partial charge in [0.15, 0.2) is 0 Å². The quantitative estimate of drug-likeness (QED) is 0.416. The number of fused-ring (bicyclic) bond motifs is 3. The van der Waals surface area contributed by atoms with Crippen LogP contribution in [0.5, 0.6) is 17.2 Å². The van der Waals surface area contributed by atoms with Gasteiger partial charge in [0, 0.05) is 78.5 Å². The third kappa shape index (κ3) is 5.60. The van der Waals surface area contributed by atoms with Crippen molar-refractivity contribution >= 4 is 0 Å². The summed E-state index contributed by atoms with van der Waals surface area (Å²) < 4.78 is 0. The fourth-order valence-electron chi connectivity index (χ4n) is 6.01. The fourth-order valence-corrected chi connectivity index (χ4v) is 6.01. The molecule has 0 saturated heterocycles. The molecular weight excluding hydrogens is 464 g/mol. The number of phenols is 3. The first-order valence-electron chi connectivity index (χ1n) is 13.3. The lowest BCUT2D eigenvalue weighted by atomic mass is 10.1. The zero-order valence-corrected chi connectivity index (χ0v) is 21.3. The van der Waals surface area contributed by atoms with E-state index in [-0.39, 0.29) is 0 Å². The van der Waals surface area contributed by atoms with E-state index in [1.165, 1.54) is 33.4 Å². The van der Waals surface area contributed by atoms with Crippen LogP contribution in [0.3, 0.4) is 0 Å². The zero-order valence-electron chi connectivity index (χ0n) is 21.3. The molecule has 3 N–H and O–H groups in total. The number of hydrogen-bond donors (Lipinski definition) is 3. The Balaban J connectivity index is 1.05. The smallest absolute Gasteiger partial charge is 0.115 e. The SMILES string of the molecule is Oc1ccc2c(c1)CN(CCN(CCN1Cc3ccc(O)cc3C1)CCN1Cc3ccc(O)cc3C1)C2. The summed E-state index contributed by atoms with van der Waals surface area (Å²) in [5.41, 5.74) is 7.68. The molecule has 3 aromatic carbocycles. The Hall–Kier alpha value is -3.10. The van der Waals surface area contributed by atoms with Crippen molar-refractivity contribution in [3.8, 4) is 17.2 Å². The highest BCUT2D eigenvalue weighted by molar-refractivity contribution is 5.38. The van der Waals surface area contributed by atoms with Gasteiger partial charge in [0.2, 0.25) is 0 Å². The van der Waals surface area contributed by atoms with Gasteiger partial charge in [0.05, 0.1) is 0 Å². The predicted molar refractivity (Wildman–Crippen MR) is 143 cm³/mol. The van der Waals surface area contributed by atoms with Crippen LogP contribution in [0.1, 0.15) is 33.4 Å². The van der Waals surface area contributed by atoms with Crippen molar-refractivity contribution in [1.29, 1.82) is 0 Å². The fraction of sp³-hybridized carbons (Fsp3) is 0.400. The number of hydrogen-bond acceptors (Lipinski definition) is 7. The summed E-state index contributed by atoms with van der Waals surface area (Å²) in [6.07, 6.45) is 0. The number of aromatic hydroxyl groups is 3. The molecule has 0 spiro atoms. The van der Waals surface area contributed by atoms with Crippen molar-refractivity contribution in [3.05, 3.63) is 88.0 Å². The standard InChI is InChI=1S/C30H36N4O3/c35-28-4-1-22-16-32(19-25(22)13-28)10-7-31(8-11-33-17-23-2-5-29(36)14-26(23)20-33)9-12-34-18-24-3-6-30(37)15-27(24)21-34/h1-6,13-15,35-37H,7-12,16-21H2. The summed E-state index contributed by atoms with van der Waals surface area (Å²) >= 11 is 0. The van der Waals surface area contributed by atoms with Crippen LogP contribution in [0.15, 0.2) is 54.6 Å².